The quantitative estimate of drug-likeness (QED) is 0.00745. The Bertz CT molecular complexity index is 5780. The Morgan fingerprint density at radius 3 is 1.36 bits per heavy atom. The number of amides is 12. The fraction of sp³-hybridized carbons (Fsp3) is 0.386. The Labute approximate surface area is 799 Å². The number of nitrogens with one attached hydrogen (secondary N) is 8. The lowest BCUT2D eigenvalue weighted by Crippen LogP contribution is -2.55. The molecule has 0 aliphatic carbocycles. The van der Waals surface area contributed by atoms with Gasteiger partial charge >= 0.3 is 30.3 Å². The van der Waals surface area contributed by atoms with E-state index in [0.29, 0.717) is 93.8 Å². The van der Waals surface area contributed by atoms with Crippen LogP contribution >= 0.6 is 0 Å². The number of ketones is 1. The summed E-state index contributed by atoms with van der Waals surface area (Å²) >= 11 is 0. The number of aliphatic carboxylic acids is 1. The van der Waals surface area contributed by atoms with Gasteiger partial charge in [0.25, 0.3) is 17.7 Å². The number of hydrogen-bond donors (Lipinski definition) is 11. The Hall–Kier alpha value is -15.1. The number of piperidine rings is 2. The van der Waals surface area contributed by atoms with E-state index >= 15 is 0 Å². The number of carboxylic acids is 1. The third-order valence-electron chi connectivity index (χ3n) is 23.7. The highest BCUT2D eigenvalue weighted by atomic mass is 16.6. The molecule has 0 saturated carbocycles. The minimum Gasteiger partial charge on any atom is -0.493 e. The lowest BCUT2D eigenvalue weighted by Gasteiger charge is -2.38. The third kappa shape index (κ3) is 27.2. The normalized spacial score (nSPS) is 16.2. The molecule has 0 radical (unpaired) electrons. The highest BCUT2D eigenvalue weighted by molar-refractivity contribution is 6.08. The van der Waals surface area contributed by atoms with E-state index in [9.17, 15) is 77.3 Å². The van der Waals surface area contributed by atoms with Crippen molar-refractivity contribution in [3.63, 3.8) is 0 Å². The van der Waals surface area contributed by atoms with Gasteiger partial charge in [0.1, 0.15) is 67.8 Å². The van der Waals surface area contributed by atoms with E-state index in [2.05, 4.69) is 55.7 Å². The second kappa shape index (κ2) is 48.4. The van der Waals surface area contributed by atoms with Crippen LogP contribution in [0.3, 0.4) is 0 Å². The Balaban J connectivity index is 0.000000292. The summed E-state index contributed by atoms with van der Waals surface area (Å²) in [6, 6.07) is 34.3. The van der Waals surface area contributed by atoms with Crippen LogP contribution in [-0.4, -0.2) is 206 Å². The number of carbonyl (C=O) groups excluding carboxylic acids is 13. The first-order valence-electron chi connectivity index (χ1n) is 45.8. The predicted octanol–water partition coefficient (Wildman–Crippen LogP) is 12.8. The number of anilines is 6. The Morgan fingerprint density at radius 1 is 0.471 bits per heavy atom. The van der Waals surface area contributed by atoms with Gasteiger partial charge in [0.2, 0.25) is 29.5 Å². The van der Waals surface area contributed by atoms with Gasteiger partial charge in [-0.1, -0.05) is 120 Å². The number of fused-ring (bicyclic) bond motifs is 4. The molecule has 12 amide bonds. The van der Waals surface area contributed by atoms with Crippen LogP contribution in [0.5, 0.6) is 11.5 Å². The number of aliphatic hydroxyl groups excluding tert-OH is 2. The van der Waals surface area contributed by atoms with Crippen LogP contribution in [-0.2, 0) is 81.4 Å². The molecule has 0 spiro atoms. The summed E-state index contributed by atoms with van der Waals surface area (Å²) in [5.74, 6) is -4.40. The monoisotopic (exact) mass is 1900 g/mol. The minimum absolute atomic E-state index is 0.0217. The van der Waals surface area contributed by atoms with E-state index in [-0.39, 0.29) is 135 Å². The largest absolute Gasteiger partial charge is 0.493 e. The fourth-order valence-corrected chi connectivity index (χ4v) is 16.2. The van der Waals surface area contributed by atoms with E-state index in [0.717, 1.165) is 52.2 Å². The Morgan fingerprint density at radius 2 is 0.913 bits per heavy atom. The van der Waals surface area contributed by atoms with Crippen LogP contribution in [0.25, 0.3) is 11.1 Å². The molecular formula is C101H120N14O23. The van der Waals surface area contributed by atoms with Crippen LogP contribution < -0.4 is 61.8 Å². The number of para-hydroxylation sites is 1. The van der Waals surface area contributed by atoms with Crippen molar-refractivity contribution in [1.82, 2.24) is 40.2 Å². The van der Waals surface area contributed by atoms with Gasteiger partial charge in [-0.05, 0) is 185 Å². The average molecular weight is 1900 g/mol. The molecule has 0 bridgehead atoms. The average Bonchev–Trinajstić information content (AvgIpc) is 1.60. The predicted molar refractivity (Wildman–Crippen MR) is 513 cm³/mol. The minimum atomic E-state index is -1.46. The molecular weight excluding hydrogens is 1780 g/mol. The highest BCUT2D eigenvalue weighted by Gasteiger charge is 2.47. The number of carbonyl (C=O) groups is 14. The van der Waals surface area contributed by atoms with Crippen molar-refractivity contribution in [1.29, 1.82) is 0 Å². The Kier molecular flexibility index (Phi) is 36.2. The molecule has 6 heterocycles. The van der Waals surface area contributed by atoms with Crippen molar-refractivity contribution >= 4 is 118 Å². The molecule has 2 fully saturated rings. The molecule has 2 saturated heterocycles. The van der Waals surface area contributed by atoms with Crippen molar-refractivity contribution in [3.05, 3.63) is 228 Å². The van der Waals surface area contributed by atoms with Crippen molar-refractivity contribution < 1.29 is 111 Å². The first kappa shape index (κ1) is 103. The van der Waals surface area contributed by atoms with Gasteiger partial charge in [0, 0.05) is 93.6 Å². The molecule has 8 aromatic rings. The zero-order chi connectivity index (χ0) is 99.7. The smallest absolute Gasteiger partial charge is 0.416 e. The molecule has 0 unspecified atom stereocenters. The second-order valence-electron chi connectivity index (χ2n) is 34.8. The summed E-state index contributed by atoms with van der Waals surface area (Å²) in [4.78, 5) is 188. The number of carboxylic acid groups (broad SMARTS) is 1. The maximum Gasteiger partial charge on any atom is 0.416 e. The van der Waals surface area contributed by atoms with Crippen LogP contribution in [0.4, 0.5) is 53.3 Å². The van der Waals surface area contributed by atoms with Crippen LogP contribution in [0.1, 0.15) is 175 Å². The first-order valence-corrected chi connectivity index (χ1v) is 45.8. The number of aryl methyl sites for hydroxylation is 4. The first-order chi connectivity index (χ1) is 66.0. The molecule has 11 N–H and O–H groups in total. The number of benzene rings is 6. The molecule has 4 aliphatic heterocycles. The maximum atomic E-state index is 14.2. The molecule has 8 atom stereocenters. The maximum absolute atomic E-state index is 14.2. The summed E-state index contributed by atoms with van der Waals surface area (Å²) in [6.07, 6.45) is 4.66. The summed E-state index contributed by atoms with van der Waals surface area (Å²) in [6.45, 7) is 20.9. The lowest BCUT2D eigenvalue weighted by atomic mass is 10.00. The number of Topliss-reactive ketones (excluding diaryl/α,β-unsaturated/α-hetero) is 1. The topological polar surface area (TPSA) is 474 Å². The molecule has 37 heteroatoms. The van der Waals surface area contributed by atoms with Crippen molar-refractivity contribution in [2.75, 3.05) is 70.6 Å². The van der Waals surface area contributed by atoms with E-state index in [4.69, 9.17) is 33.5 Å². The van der Waals surface area contributed by atoms with Gasteiger partial charge < -0.3 is 105 Å². The fourth-order valence-electron chi connectivity index (χ4n) is 16.2. The zero-order valence-corrected chi connectivity index (χ0v) is 78.9. The van der Waals surface area contributed by atoms with Crippen molar-refractivity contribution in [2.24, 2.45) is 25.9 Å². The molecule has 732 valence electrons. The number of ether oxygens (including phenoxy) is 6. The number of nitrogens with zero attached hydrogens (tertiary/aromatic N) is 6. The van der Waals surface area contributed by atoms with Crippen molar-refractivity contribution in [2.45, 2.75) is 188 Å². The third-order valence-corrected chi connectivity index (χ3v) is 23.7. The van der Waals surface area contributed by atoms with Gasteiger partial charge in [-0.2, -0.15) is 0 Å². The molecule has 138 heavy (non-hydrogen) atoms. The van der Waals surface area contributed by atoms with E-state index in [1.54, 1.807) is 140 Å². The van der Waals surface area contributed by atoms with Crippen molar-refractivity contribution in [3.8, 4) is 22.6 Å². The van der Waals surface area contributed by atoms with E-state index in [1.807, 2.05) is 73.9 Å². The van der Waals surface area contributed by atoms with Gasteiger partial charge in [-0.3, -0.25) is 47.9 Å². The summed E-state index contributed by atoms with van der Waals surface area (Å²) < 4.78 is 36.8. The molecule has 2 aromatic heterocycles. The SMILES string of the molecule is C=CCOC(=O)N[C@H](C(=O)N[C@@H](C)C(=O)Nc1ccc(COC(=O)N2c3cc(OCCCC(=O)Nc4cc(C(=O)Cc5ccc(-c6cc(C(=O)Nc7ccccc7)n(C)c6)cc5)n(C)c4)c(C)cc3C(=O)N3CCCC[C@H]3[C@@H]2O)cc1)C(C)C.C=CCOC(=O)N[C@H](C(=O)N[C@@H](C)C(=O)Nc1ccc(COC(=O)N2c3cc(OCCCC(=O)O)c(C)cc3C(=O)N3CCCC[C@H]3[C@@H]2O)cc1)C(C)C. The molecule has 37 nitrogen and oxygen atoms in total. The molecule has 6 aromatic carbocycles. The van der Waals surface area contributed by atoms with E-state index in [1.165, 1.54) is 38.1 Å². The zero-order valence-electron chi connectivity index (χ0n) is 78.9. The van der Waals surface area contributed by atoms with E-state index < -0.39 is 103 Å². The van der Waals surface area contributed by atoms with Crippen LogP contribution in [0.2, 0.25) is 0 Å². The summed E-state index contributed by atoms with van der Waals surface area (Å²) in [5.41, 5.74) is 8.34. The number of aromatic nitrogens is 2. The van der Waals surface area contributed by atoms with Gasteiger partial charge in [0.05, 0.1) is 59.2 Å². The number of rotatable bonds is 37. The molecule has 4 aliphatic rings. The van der Waals surface area contributed by atoms with Crippen LogP contribution in [0, 0.1) is 25.7 Å². The van der Waals surface area contributed by atoms with Crippen LogP contribution in [0.15, 0.2) is 177 Å². The van der Waals surface area contributed by atoms with Gasteiger partial charge in [-0.25, -0.2) is 29.0 Å². The number of aliphatic hydroxyl groups is 2. The molecule has 12 rings (SSSR count). The summed E-state index contributed by atoms with van der Waals surface area (Å²) in [7, 11) is 3.55. The number of hydrogen-bond acceptors (Lipinski definition) is 22. The summed E-state index contributed by atoms with van der Waals surface area (Å²) in [5, 5.41) is 53.9. The van der Waals surface area contributed by atoms with Gasteiger partial charge in [0.15, 0.2) is 18.2 Å². The highest BCUT2D eigenvalue weighted by Crippen LogP contribution is 2.41. The lowest BCUT2D eigenvalue weighted by molar-refractivity contribution is -0.137. The standard InChI is InChI=1S/C63H71N9O12.C38H49N5O11/c1-8-28-83-62(80)68-56(38(2)3)59(77)64-40(5)57(75)66-46-25-21-42(22-26-46)37-84-63(81)72-50-34-54(39(4)30-48(50)60(78)71-27-13-12-17-49(71)61(72)79)82-29-14-18-55(74)65-47-33-51(70(7)36-47)53(73)31-41-19-23-43(24-20-41)44-32-52(69(6)35-44)58(76)67-45-15-10-9-11-16-45;1-6-17-53-37(50)41-32(22(2)3)34(47)39-24(5)33(46)40-26-14-12-25(13-15-26)21-54-38(51)43-29-20-30(52-18-9-11-31(44)45)23(4)19-27(29)35(48)42-16-8-7-10-28(42)36(43)49/h8-11,15-16,19-26,30,32-36,38,40,49,56,61,79H,1,12-14,17-18,27-29,31,37H2,2-7H3,(H,64,77)(H,65,74)(H,66,75)(H,67,76)(H,68,80);6,12-15,19-20,22,24,28,32,36,49H,1,7-11,16-18,21H2,2-5H3,(H,39,47)(H,40,46)(H,41,50)(H,44,45)/t40-,49-,56-,61-;24-,28-,32-,36-/m00/s1. The van der Waals surface area contributed by atoms with Gasteiger partial charge in [-0.15, -0.1) is 0 Å². The number of alkyl carbamates (subject to hydrolysis) is 2. The second-order valence-corrected chi connectivity index (χ2v) is 34.8.